The van der Waals surface area contributed by atoms with E-state index in [2.05, 4.69) is 5.32 Å². The molecule has 5 nitrogen and oxygen atoms in total. The molecule has 8 heteroatoms. The van der Waals surface area contributed by atoms with Crippen LogP contribution in [0.5, 0.6) is 5.75 Å². The topological polar surface area (TPSA) is 58.6 Å². The van der Waals surface area contributed by atoms with Gasteiger partial charge in [0.1, 0.15) is 11.8 Å². The third kappa shape index (κ3) is 8.17. The maximum absolute atomic E-state index is 13.5. The molecule has 2 amide bonds. The lowest BCUT2D eigenvalue weighted by Gasteiger charge is -2.32. The van der Waals surface area contributed by atoms with Crippen LogP contribution in [-0.4, -0.2) is 35.4 Å². The molecule has 3 aromatic rings. The molecule has 35 heavy (non-hydrogen) atoms. The molecule has 0 aliphatic heterocycles. The number of hydrogen-bond acceptors (Lipinski definition) is 3. The maximum Gasteiger partial charge on any atom is 0.261 e. The fourth-order valence-electron chi connectivity index (χ4n) is 3.58. The monoisotopic (exact) mass is 532 g/mol. The number of hydrogen-bond donors (Lipinski definition) is 1. The zero-order chi connectivity index (χ0) is 25.4. The van der Waals surface area contributed by atoms with Crippen molar-refractivity contribution in [1.82, 2.24) is 10.2 Å². The van der Waals surface area contributed by atoms with Crippen LogP contribution in [0.4, 0.5) is 0 Å². The van der Waals surface area contributed by atoms with Crippen molar-refractivity contribution in [2.24, 2.45) is 0 Å². The lowest BCUT2D eigenvalue weighted by molar-refractivity contribution is -0.143. The normalized spacial score (nSPS) is 11.7. The van der Waals surface area contributed by atoms with E-state index in [-0.39, 0.29) is 31.0 Å². The van der Waals surface area contributed by atoms with Crippen LogP contribution in [0.25, 0.3) is 0 Å². The first kappa shape index (κ1) is 26.9. The first-order valence-electron chi connectivity index (χ1n) is 11.2. The van der Waals surface area contributed by atoms with E-state index in [1.165, 1.54) is 4.90 Å². The number of halogens is 3. The summed E-state index contributed by atoms with van der Waals surface area (Å²) in [7, 11) is 0. The van der Waals surface area contributed by atoms with Crippen molar-refractivity contribution in [2.45, 2.75) is 38.9 Å². The van der Waals surface area contributed by atoms with Crippen molar-refractivity contribution in [3.05, 3.63) is 99.0 Å². The Labute approximate surface area is 220 Å². The summed E-state index contributed by atoms with van der Waals surface area (Å²) in [6.45, 7) is 3.64. The Hall–Kier alpha value is -2.73. The van der Waals surface area contributed by atoms with Gasteiger partial charge in [-0.05, 0) is 55.3 Å². The molecule has 1 atom stereocenters. The highest BCUT2D eigenvalue weighted by Gasteiger charge is 2.31. The molecule has 0 spiro atoms. The van der Waals surface area contributed by atoms with Crippen LogP contribution in [-0.2, 0) is 22.6 Å². The van der Waals surface area contributed by atoms with Crippen LogP contribution in [0.3, 0.4) is 0 Å². The zero-order valence-corrected chi connectivity index (χ0v) is 21.8. The van der Waals surface area contributed by atoms with E-state index in [4.69, 9.17) is 39.5 Å². The maximum atomic E-state index is 13.5. The van der Waals surface area contributed by atoms with Gasteiger partial charge in [0.15, 0.2) is 6.61 Å². The van der Waals surface area contributed by atoms with Gasteiger partial charge < -0.3 is 15.0 Å². The van der Waals surface area contributed by atoms with Crippen LogP contribution >= 0.6 is 34.8 Å². The van der Waals surface area contributed by atoms with Gasteiger partial charge in [0.05, 0.1) is 5.02 Å². The summed E-state index contributed by atoms with van der Waals surface area (Å²) in [5, 5.41) is 4.25. The Bertz CT molecular complexity index is 1160. The van der Waals surface area contributed by atoms with Crippen molar-refractivity contribution >= 4 is 46.6 Å². The molecule has 0 aliphatic rings. The number of carbonyl (C=O) groups is 2. The van der Waals surface area contributed by atoms with E-state index in [0.29, 0.717) is 27.2 Å². The highest BCUT2D eigenvalue weighted by Crippen LogP contribution is 2.27. The highest BCUT2D eigenvalue weighted by atomic mass is 35.5. The van der Waals surface area contributed by atoms with Gasteiger partial charge in [-0.2, -0.15) is 0 Å². The van der Waals surface area contributed by atoms with E-state index in [1.54, 1.807) is 30.3 Å². The van der Waals surface area contributed by atoms with Gasteiger partial charge in [-0.15, -0.1) is 0 Å². The Morgan fingerprint density at radius 2 is 1.57 bits per heavy atom. The summed E-state index contributed by atoms with van der Waals surface area (Å²) in [5.41, 5.74) is 1.73. The molecule has 0 bridgehead atoms. The molecular weight excluding hydrogens is 507 g/mol. The predicted octanol–water partition coefficient (Wildman–Crippen LogP) is 6.19. The summed E-state index contributed by atoms with van der Waals surface area (Å²) in [4.78, 5) is 28.4. The minimum atomic E-state index is -0.768. The van der Waals surface area contributed by atoms with Gasteiger partial charge in [-0.25, -0.2) is 0 Å². The Kier molecular flexibility index (Phi) is 9.84. The molecule has 3 aromatic carbocycles. The van der Waals surface area contributed by atoms with Crippen LogP contribution in [0.1, 0.15) is 25.0 Å². The van der Waals surface area contributed by atoms with Crippen molar-refractivity contribution in [3.8, 4) is 5.75 Å². The average Bonchev–Trinajstić information content (AvgIpc) is 2.81. The minimum Gasteiger partial charge on any atom is -0.482 e. The molecule has 184 valence electrons. The molecule has 0 unspecified atom stereocenters. The molecular formula is C27H27Cl3N2O3. The lowest BCUT2D eigenvalue weighted by atomic mass is 10.0. The third-order valence-electron chi connectivity index (χ3n) is 5.19. The summed E-state index contributed by atoms with van der Waals surface area (Å²) in [6, 6.07) is 20.7. The smallest absolute Gasteiger partial charge is 0.261 e. The van der Waals surface area contributed by atoms with Crippen molar-refractivity contribution < 1.29 is 14.3 Å². The van der Waals surface area contributed by atoms with E-state index in [9.17, 15) is 9.59 Å². The molecule has 0 saturated carbocycles. The van der Waals surface area contributed by atoms with Crippen molar-refractivity contribution in [3.63, 3.8) is 0 Å². The summed E-state index contributed by atoms with van der Waals surface area (Å²) < 4.78 is 5.72. The second-order valence-corrected chi connectivity index (χ2v) is 9.66. The number of ether oxygens (including phenoxy) is 1. The first-order valence-corrected chi connectivity index (χ1v) is 12.3. The second-order valence-electron chi connectivity index (χ2n) is 8.38. The SMILES string of the molecule is CC(C)NC(=O)[C@H](Cc1ccccc1)N(Cc1cccc(Cl)c1)C(=O)COc1ccc(Cl)cc1Cl. The minimum absolute atomic E-state index is 0.0898. The van der Waals surface area contributed by atoms with Crippen LogP contribution in [0.2, 0.25) is 15.1 Å². The fourth-order valence-corrected chi connectivity index (χ4v) is 4.26. The van der Waals surface area contributed by atoms with Gasteiger partial charge in [0.2, 0.25) is 5.91 Å². The fraction of sp³-hybridized carbons (Fsp3) is 0.259. The van der Waals surface area contributed by atoms with E-state index in [1.807, 2.05) is 56.3 Å². The first-order chi connectivity index (χ1) is 16.7. The van der Waals surface area contributed by atoms with E-state index >= 15 is 0 Å². The van der Waals surface area contributed by atoms with Crippen LogP contribution in [0.15, 0.2) is 72.8 Å². The lowest BCUT2D eigenvalue weighted by Crippen LogP contribution is -2.52. The molecule has 3 rings (SSSR count). The van der Waals surface area contributed by atoms with Crippen LogP contribution in [0, 0.1) is 0 Å². The van der Waals surface area contributed by atoms with Crippen molar-refractivity contribution in [2.75, 3.05) is 6.61 Å². The number of carbonyl (C=O) groups excluding carboxylic acids is 2. The Balaban J connectivity index is 1.92. The predicted molar refractivity (Wildman–Crippen MR) is 141 cm³/mol. The molecule has 0 saturated heterocycles. The standard InChI is InChI=1S/C27H27Cl3N2O3/c1-18(2)31-27(34)24(14-19-7-4-3-5-8-19)32(16-20-9-6-10-21(28)13-20)26(33)17-35-25-12-11-22(29)15-23(25)30/h3-13,15,18,24H,14,16-17H2,1-2H3,(H,31,34)/t24-/m0/s1. The molecule has 0 fully saturated rings. The van der Waals surface area contributed by atoms with E-state index in [0.717, 1.165) is 11.1 Å². The zero-order valence-electron chi connectivity index (χ0n) is 19.5. The molecule has 1 N–H and O–H groups in total. The highest BCUT2D eigenvalue weighted by molar-refractivity contribution is 6.35. The number of nitrogens with zero attached hydrogens (tertiary/aromatic N) is 1. The average molecular weight is 534 g/mol. The van der Waals surface area contributed by atoms with Gasteiger partial charge in [0.25, 0.3) is 5.91 Å². The molecule has 0 aliphatic carbocycles. The van der Waals surface area contributed by atoms with Gasteiger partial charge >= 0.3 is 0 Å². The summed E-state index contributed by atoms with van der Waals surface area (Å²) in [6.07, 6.45) is 0.341. The van der Waals surface area contributed by atoms with Crippen LogP contribution < -0.4 is 10.1 Å². The van der Waals surface area contributed by atoms with Gasteiger partial charge in [0, 0.05) is 29.1 Å². The number of amides is 2. The van der Waals surface area contributed by atoms with Crippen molar-refractivity contribution in [1.29, 1.82) is 0 Å². The Morgan fingerprint density at radius 1 is 0.886 bits per heavy atom. The molecule has 0 radical (unpaired) electrons. The number of rotatable bonds is 10. The number of benzene rings is 3. The summed E-state index contributed by atoms with van der Waals surface area (Å²) >= 11 is 18.3. The van der Waals surface area contributed by atoms with E-state index < -0.39 is 6.04 Å². The van der Waals surface area contributed by atoms with Gasteiger partial charge in [-0.1, -0.05) is 77.3 Å². The molecule has 0 aromatic heterocycles. The second kappa shape index (κ2) is 12.8. The Morgan fingerprint density at radius 3 is 2.23 bits per heavy atom. The molecule has 0 heterocycles. The largest absolute Gasteiger partial charge is 0.482 e. The third-order valence-corrected chi connectivity index (χ3v) is 5.95. The quantitative estimate of drug-likeness (QED) is 0.338. The number of nitrogens with one attached hydrogen (secondary N) is 1. The summed E-state index contributed by atoms with van der Waals surface area (Å²) in [5.74, 6) is -0.280. The van der Waals surface area contributed by atoms with Gasteiger partial charge in [-0.3, -0.25) is 9.59 Å².